The summed E-state index contributed by atoms with van der Waals surface area (Å²) >= 11 is 0. The molecule has 1 saturated carbocycles. The number of halogens is 2. The van der Waals surface area contributed by atoms with Crippen molar-refractivity contribution in [3.63, 3.8) is 0 Å². The minimum absolute atomic E-state index is 0.00244. The Morgan fingerprint density at radius 3 is 2.10 bits per heavy atom. The first-order chi connectivity index (χ1) is 15.1. The average Bonchev–Trinajstić information content (AvgIpc) is 2.80. The molecule has 0 aliphatic heterocycles. The fourth-order valence-corrected chi connectivity index (χ4v) is 4.84. The van der Waals surface area contributed by atoms with E-state index in [2.05, 4.69) is 26.0 Å². The van der Waals surface area contributed by atoms with E-state index in [9.17, 15) is 8.78 Å². The number of benzene rings is 2. The molecule has 2 aromatic carbocycles. The molecule has 1 fully saturated rings. The fourth-order valence-electron chi connectivity index (χ4n) is 4.84. The molecule has 1 aliphatic carbocycles. The van der Waals surface area contributed by atoms with Crippen LogP contribution in [0.25, 0.3) is 11.1 Å². The summed E-state index contributed by atoms with van der Waals surface area (Å²) in [6.45, 7) is 4.80. The monoisotopic (exact) mass is 428 g/mol. The first-order valence-electron chi connectivity index (χ1n) is 12.3. The molecule has 0 atom stereocenters. The average molecular weight is 429 g/mol. The van der Waals surface area contributed by atoms with Crippen LogP contribution in [0.3, 0.4) is 0 Å². The van der Waals surface area contributed by atoms with Crippen LogP contribution in [0.4, 0.5) is 8.78 Å². The second-order valence-electron chi connectivity index (χ2n) is 9.21. The predicted octanol–water partition coefficient (Wildman–Crippen LogP) is 8.74. The van der Waals surface area contributed by atoms with Crippen molar-refractivity contribution in [2.24, 2.45) is 11.8 Å². The summed E-state index contributed by atoms with van der Waals surface area (Å²) in [7, 11) is 0. The molecule has 170 valence electrons. The lowest BCUT2D eigenvalue weighted by molar-refractivity contribution is 0.252. The molecule has 0 heterocycles. The van der Waals surface area contributed by atoms with Crippen LogP contribution in [0.1, 0.15) is 83.6 Å². The lowest BCUT2D eigenvalue weighted by atomic mass is 9.78. The van der Waals surface area contributed by atoms with Crippen molar-refractivity contribution in [2.75, 3.05) is 6.61 Å². The lowest BCUT2D eigenvalue weighted by Crippen LogP contribution is -2.15. The minimum Gasteiger partial charge on any atom is -0.490 e. The maximum Gasteiger partial charge on any atom is 0.201 e. The van der Waals surface area contributed by atoms with Crippen molar-refractivity contribution in [3.05, 3.63) is 53.6 Å². The smallest absolute Gasteiger partial charge is 0.201 e. The summed E-state index contributed by atoms with van der Waals surface area (Å²) in [4.78, 5) is 0. The van der Waals surface area contributed by atoms with Gasteiger partial charge in [-0.25, -0.2) is 4.39 Å². The minimum atomic E-state index is -0.892. The summed E-state index contributed by atoms with van der Waals surface area (Å²) in [5.41, 5.74) is 2.27. The van der Waals surface area contributed by atoms with Gasteiger partial charge in [-0.15, -0.1) is 0 Å². The Balaban J connectivity index is 1.54. The topological polar surface area (TPSA) is 9.23 Å². The number of hydrogen-bond acceptors (Lipinski definition) is 1. The zero-order valence-corrected chi connectivity index (χ0v) is 19.3. The fraction of sp³-hybridized carbons (Fsp3) is 0.571. The highest BCUT2D eigenvalue weighted by Gasteiger charge is 2.20. The molecule has 0 amide bonds. The second kappa shape index (κ2) is 12.2. The Morgan fingerprint density at radius 2 is 1.45 bits per heavy atom. The zero-order chi connectivity index (χ0) is 22.1. The quantitative estimate of drug-likeness (QED) is 0.325. The molecule has 0 saturated heterocycles. The van der Waals surface area contributed by atoms with E-state index in [4.69, 9.17) is 4.74 Å². The molecule has 31 heavy (non-hydrogen) atoms. The maximum absolute atomic E-state index is 14.6. The van der Waals surface area contributed by atoms with Gasteiger partial charge in [0.05, 0.1) is 6.61 Å². The van der Waals surface area contributed by atoms with Gasteiger partial charge in [0.2, 0.25) is 5.82 Å². The van der Waals surface area contributed by atoms with Gasteiger partial charge in [-0.05, 0) is 54.4 Å². The van der Waals surface area contributed by atoms with Crippen LogP contribution in [0.2, 0.25) is 0 Å². The number of hydrogen-bond donors (Lipinski definition) is 0. The van der Waals surface area contributed by atoms with Crippen molar-refractivity contribution in [3.8, 4) is 16.9 Å². The Morgan fingerprint density at radius 1 is 0.774 bits per heavy atom. The maximum atomic E-state index is 14.6. The highest BCUT2D eigenvalue weighted by molar-refractivity contribution is 5.65. The molecule has 3 heteroatoms. The van der Waals surface area contributed by atoms with E-state index in [-0.39, 0.29) is 5.75 Å². The van der Waals surface area contributed by atoms with Gasteiger partial charge in [0.15, 0.2) is 11.6 Å². The predicted molar refractivity (Wildman–Crippen MR) is 125 cm³/mol. The standard InChI is InChI=1S/C28H38F2O/c1-3-5-6-20-31-26-19-18-25(27(29)28(26)30)24-16-14-23(15-17-24)13-12-22-10-8-21(7-4-2)9-11-22/h14-19,21-22H,3-13,20H2,1-2H3/t21-,22-. The van der Waals surface area contributed by atoms with Gasteiger partial charge in [-0.2, -0.15) is 4.39 Å². The molecule has 0 N–H and O–H groups in total. The van der Waals surface area contributed by atoms with E-state index in [0.29, 0.717) is 17.7 Å². The first kappa shape index (κ1) is 23.8. The van der Waals surface area contributed by atoms with Crippen LogP contribution in [0.5, 0.6) is 5.75 Å². The zero-order valence-electron chi connectivity index (χ0n) is 19.3. The van der Waals surface area contributed by atoms with Crippen LogP contribution < -0.4 is 4.74 Å². The van der Waals surface area contributed by atoms with E-state index in [1.54, 1.807) is 12.1 Å². The van der Waals surface area contributed by atoms with Crippen molar-refractivity contribution in [1.82, 2.24) is 0 Å². The van der Waals surface area contributed by atoms with Gasteiger partial charge in [0.1, 0.15) is 0 Å². The molecule has 0 aromatic heterocycles. The van der Waals surface area contributed by atoms with Crippen molar-refractivity contribution < 1.29 is 13.5 Å². The van der Waals surface area contributed by atoms with Gasteiger partial charge >= 0.3 is 0 Å². The van der Waals surface area contributed by atoms with E-state index in [1.165, 1.54) is 50.5 Å². The Kier molecular flexibility index (Phi) is 9.36. The van der Waals surface area contributed by atoms with Crippen LogP contribution in [0, 0.1) is 23.5 Å². The van der Waals surface area contributed by atoms with Crippen molar-refractivity contribution in [2.45, 2.75) is 84.5 Å². The van der Waals surface area contributed by atoms with E-state index < -0.39 is 11.6 Å². The third-order valence-electron chi connectivity index (χ3n) is 6.82. The summed E-state index contributed by atoms with van der Waals surface area (Å²) in [6.07, 6.45) is 13.4. The van der Waals surface area contributed by atoms with Crippen LogP contribution >= 0.6 is 0 Å². The molecule has 1 aliphatic rings. The summed E-state index contributed by atoms with van der Waals surface area (Å²) in [5, 5.41) is 0. The first-order valence-corrected chi connectivity index (χ1v) is 12.3. The molecule has 0 unspecified atom stereocenters. The van der Waals surface area contributed by atoms with E-state index in [0.717, 1.165) is 37.5 Å². The Bertz CT molecular complexity index is 791. The van der Waals surface area contributed by atoms with Gasteiger partial charge in [0.25, 0.3) is 0 Å². The summed E-state index contributed by atoms with van der Waals surface area (Å²) in [5.74, 6) is 0.0668. The second-order valence-corrected chi connectivity index (χ2v) is 9.21. The van der Waals surface area contributed by atoms with Crippen molar-refractivity contribution in [1.29, 1.82) is 0 Å². The molecule has 0 spiro atoms. The van der Waals surface area contributed by atoms with Gasteiger partial charge < -0.3 is 4.74 Å². The van der Waals surface area contributed by atoms with E-state index in [1.807, 2.05) is 12.1 Å². The molecule has 0 bridgehead atoms. The van der Waals surface area contributed by atoms with Gasteiger partial charge in [0, 0.05) is 5.56 Å². The van der Waals surface area contributed by atoms with Crippen LogP contribution in [-0.4, -0.2) is 6.61 Å². The Labute approximate surface area is 187 Å². The Hall–Kier alpha value is -1.90. The number of unbranched alkanes of at least 4 members (excludes halogenated alkanes) is 2. The summed E-state index contributed by atoms with van der Waals surface area (Å²) in [6, 6.07) is 11.1. The van der Waals surface area contributed by atoms with Gasteiger partial charge in [-0.1, -0.05) is 89.5 Å². The highest BCUT2D eigenvalue weighted by Crippen LogP contribution is 2.34. The molecule has 3 rings (SSSR count). The molecule has 2 aromatic rings. The highest BCUT2D eigenvalue weighted by atomic mass is 19.2. The number of ether oxygens (including phenoxy) is 1. The number of rotatable bonds is 11. The largest absolute Gasteiger partial charge is 0.490 e. The van der Waals surface area contributed by atoms with Crippen LogP contribution in [0.15, 0.2) is 36.4 Å². The molecular formula is C28H38F2O. The lowest BCUT2D eigenvalue weighted by Gasteiger charge is -2.28. The van der Waals surface area contributed by atoms with Gasteiger partial charge in [-0.3, -0.25) is 0 Å². The van der Waals surface area contributed by atoms with Crippen LogP contribution in [-0.2, 0) is 6.42 Å². The molecule has 0 radical (unpaired) electrons. The molecule has 1 nitrogen and oxygen atoms in total. The van der Waals surface area contributed by atoms with E-state index >= 15 is 0 Å². The SMILES string of the molecule is CCCCCOc1ccc(-c2ccc(CC[C@H]3CC[C@H](CCC)CC3)cc2)c(F)c1F. The third kappa shape index (κ3) is 6.79. The summed E-state index contributed by atoms with van der Waals surface area (Å²) < 4.78 is 34.5. The normalized spacial score (nSPS) is 18.8. The number of aryl methyl sites for hydroxylation is 1. The van der Waals surface area contributed by atoms with Crippen molar-refractivity contribution >= 4 is 0 Å². The molecular weight excluding hydrogens is 390 g/mol. The third-order valence-corrected chi connectivity index (χ3v) is 6.82.